The summed E-state index contributed by atoms with van der Waals surface area (Å²) in [6.45, 7) is 4.58. The van der Waals surface area contributed by atoms with Crippen molar-refractivity contribution in [2.24, 2.45) is 0 Å². The minimum Gasteiger partial charge on any atom is -0.492 e. The molecule has 4 heteroatoms. The van der Waals surface area contributed by atoms with Crippen molar-refractivity contribution in [3.63, 3.8) is 0 Å². The third-order valence-corrected chi connectivity index (χ3v) is 3.08. The zero-order valence-corrected chi connectivity index (χ0v) is 12.9. The number of rotatable bonds is 7. The van der Waals surface area contributed by atoms with Gasteiger partial charge in [0.15, 0.2) is 6.10 Å². The van der Waals surface area contributed by atoms with Gasteiger partial charge in [-0.2, -0.15) is 0 Å². The fourth-order valence-electron chi connectivity index (χ4n) is 1.95. The van der Waals surface area contributed by atoms with Crippen LogP contribution in [0.4, 0.5) is 0 Å². The van der Waals surface area contributed by atoms with E-state index < -0.39 is 6.10 Å². The first-order valence-corrected chi connectivity index (χ1v) is 7.34. The van der Waals surface area contributed by atoms with Crippen molar-refractivity contribution in [2.75, 3.05) is 13.2 Å². The molecule has 1 amide bonds. The molecule has 1 N–H and O–H groups in total. The number of carbonyl (C=O) groups is 1. The fraction of sp³-hybridized carbons (Fsp3) is 0.278. The molecule has 1 atom stereocenters. The standard InChI is InChI=1S/C18H21NO3/c1-14-7-6-10-17(13-14)22-15(2)18(20)19-11-12-21-16-8-4-3-5-9-16/h3-10,13,15H,11-12H2,1-2H3,(H,19,20). The molecule has 0 aliphatic carbocycles. The van der Waals surface area contributed by atoms with E-state index in [-0.39, 0.29) is 5.91 Å². The van der Waals surface area contributed by atoms with Gasteiger partial charge in [0.2, 0.25) is 0 Å². The molecular weight excluding hydrogens is 278 g/mol. The van der Waals surface area contributed by atoms with Crippen LogP contribution >= 0.6 is 0 Å². The largest absolute Gasteiger partial charge is 0.492 e. The Bertz CT molecular complexity index is 598. The van der Waals surface area contributed by atoms with Gasteiger partial charge in [-0.3, -0.25) is 4.79 Å². The van der Waals surface area contributed by atoms with Gasteiger partial charge in [-0.1, -0.05) is 30.3 Å². The molecule has 0 saturated carbocycles. The number of nitrogens with one attached hydrogen (secondary N) is 1. The smallest absolute Gasteiger partial charge is 0.260 e. The Morgan fingerprint density at radius 3 is 2.55 bits per heavy atom. The number of hydrogen-bond acceptors (Lipinski definition) is 3. The van der Waals surface area contributed by atoms with Crippen LogP contribution in [0.3, 0.4) is 0 Å². The molecule has 0 aliphatic rings. The number of para-hydroxylation sites is 1. The SMILES string of the molecule is Cc1cccc(OC(C)C(=O)NCCOc2ccccc2)c1. The summed E-state index contributed by atoms with van der Waals surface area (Å²) < 4.78 is 11.1. The molecule has 2 aromatic carbocycles. The maximum atomic E-state index is 12.0. The third-order valence-electron chi connectivity index (χ3n) is 3.08. The minimum absolute atomic E-state index is 0.154. The molecule has 1 unspecified atom stereocenters. The zero-order valence-electron chi connectivity index (χ0n) is 12.9. The first-order chi connectivity index (χ1) is 10.6. The second-order valence-corrected chi connectivity index (χ2v) is 5.03. The normalized spacial score (nSPS) is 11.5. The Morgan fingerprint density at radius 2 is 1.82 bits per heavy atom. The second kappa shape index (κ2) is 8.08. The molecule has 0 spiro atoms. The molecule has 4 nitrogen and oxygen atoms in total. The molecule has 2 rings (SSSR count). The Balaban J connectivity index is 1.70. The first kappa shape index (κ1) is 15.9. The molecule has 116 valence electrons. The molecule has 0 aromatic heterocycles. The Morgan fingerprint density at radius 1 is 1.09 bits per heavy atom. The van der Waals surface area contributed by atoms with Gasteiger partial charge >= 0.3 is 0 Å². The van der Waals surface area contributed by atoms with Gasteiger partial charge in [0, 0.05) is 0 Å². The maximum absolute atomic E-state index is 12.0. The van der Waals surface area contributed by atoms with E-state index >= 15 is 0 Å². The molecule has 2 aromatic rings. The highest BCUT2D eigenvalue weighted by atomic mass is 16.5. The molecule has 0 heterocycles. The lowest BCUT2D eigenvalue weighted by Crippen LogP contribution is -2.38. The Kier molecular flexibility index (Phi) is 5.83. The van der Waals surface area contributed by atoms with Crippen LogP contribution in [-0.4, -0.2) is 25.2 Å². The van der Waals surface area contributed by atoms with Crippen molar-refractivity contribution in [3.05, 3.63) is 60.2 Å². The number of carbonyl (C=O) groups excluding carboxylic acids is 1. The molecule has 0 bridgehead atoms. The van der Waals surface area contributed by atoms with Crippen molar-refractivity contribution in [2.45, 2.75) is 20.0 Å². The summed E-state index contributed by atoms with van der Waals surface area (Å²) in [6.07, 6.45) is -0.543. The first-order valence-electron chi connectivity index (χ1n) is 7.34. The van der Waals surface area contributed by atoms with Crippen molar-refractivity contribution in [3.8, 4) is 11.5 Å². The van der Waals surface area contributed by atoms with Crippen LogP contribution in [0, 0.1) is 6.92 Å². The van der Waals surface area contributed by atoms with Crippen LogP contribution in [-0.2, 0) is 4.79 Å². The van der Waals surface area contributed by atoms with Gasteiger partial charge in [-0.05, 0) is 43.7 Å². The van der Waals surface area contributed by atoms with E-state index in [2.05, 4.69) is 5.32 Å². The van der Waals surface area contributed by atoms with Gasteiger partial charge in [0.1, 0.15) is 18.1 Å². The summed E-state index contributed by atoms with van der Waals surface area (Å²) in [6, 6.07) is 17.1. The van der Waals surface area contributed by atoms with Crippen LogP contribution in [0.5, 0.6) is 11.5 Å². The fourth-order valence-corrected chi connectivity index (χ4v) is 1.95. The topological polar surface area (TPSA) is 47.6 Å². The van der Waals surface area contributed by atoms with Gasteiger partial charge in [0.05, 0.1) is 6.54 Å². The summed E-state index contributed by atoms with van der Waals surface area (Å²) in [5.74, 6) is 1.34. The van der Waals surface area contributed by atoms with Crippen LogP contribution < -0.4 is 14.8 Å². The van der Waals surface area contributed by atoms with E-state index in [1.807, 2.05) is 61.5 Å². The van der Waals surface area contributed by atoms with E-state index in [1.54, 1.807) is 6.92 Å². The number of benzene rings is 2. The average Bonchev–Trinajstić information content (AvgIpc) is 2.52. The summed E-state index contributed by atoms with van der Waals surface area (Å²) in [5, 5.41) is 2.80. The summed E-state index contributed by atoms with van der Waals surface area (Å²) in [7, 11) is 0. The van der Waals surface area contributed by atoms with Crippen molar-refractivity contribution in [1.82, 2.24) is 5.32 Å². The van der Waals surface area contributed by atoms with Gasteiger partial charge in [0.25, 0.3) is 5.91 Å². The van der Waals surface area contributed by atoms with Gasteiger partial charge in [-0.25, -0.2) is 0 Å². The highest BCUT2D eigenvalue weighted by molar-refractivity contribution is 5.80. The average molecular weight is 299 g/mol. The lowest BCUT2D eigenvalue weighted by atomic mass is 10.2. The lowest BCUT2D eigenvalue weighted by Gasteiger charge is -2.15. The van der Waals surface area contributed by atoms with Crippen LogP contribution in [0.1, 0.15) is 12.5 Å². The van der Waals surface area contributed by atoms with E-state index in [0.29, 0.717) is 18.9 Å². The molecule has 0 aliphatic heterocycles. The van der Waals surface area contributed by atoms with E-state index in [9.17, 15) is 4.79 Å². The third kappa shape index (κ3) is 5.13. The second-order valence-electron chi connectivity index (χ2n) is 5.03. The predicted octanol–water partition coefficient (Wildman–Crippen LogP) is 2.96. The van der Waals surface area contributed by atoms with E-state index in [0.717, 1.165) is 11.3 Å². The van der Waals surface area contributed by atoms with Gasteiger partial charge < -0.3 is 14.8 Å². The minimum atomic E-state index is -0.543. The lowest BCUT2D eigenvalue weighted by molar-refractivity contribution is -0.127. The molecule has 0 radical (unpaired) electrons. The van der Waals surface area contributed by atoms with Crippen LogP contribution in [0.2, 0.25) is 0 Å². The molecule has 22 heavy (non-hydrogen) atoms. The van der Waals surface area contributed by atoms with Crippen LogP contribution in [0.25, 0.3) is 0 Å². The number of aryl methyl sites for hydroxylation is 1. The summed E-state index contributed by atoms with van der Waals surface area (Å²) >= 11 is 0. The monoisotopic (exact) mass is 299 g/mol. The maximum Gasteiger partial charge on any atom is 0.260 e. The Hall–Kier alpha value is -2.49. The number of ether oxygens (including phenoxy) is 2. The number of amides is 1. The quantitative estimate of drug-likeness (QED) is 0.800. The summed E-state index contributed by atoms with van der Waals surface area (Å²) in [5.41, 5.74) is 1.10. The Labute approximate surface area is 131 Å². The highest BCUT2D eigenvalue weighted by Crippen LogP contribution is 2.14. The zero-order chi connectivity index (χ0) is 15.8. The van der Waals surface area contributed by atoms with Crippen molar-refractivity contribution < 1.29 is 14.3 Å². The van der Waals surface area contributed by atoms with Crippen molar-refractivity contribution in [1.29, 1.82) is 0 Å². The van der Waals surface area contributed by atoms with E-state index in [1.165, 1.54) is 0 Å². The van der Waals surface area contributed by atoms with Gasteiger partial charge in [-0.15, -0.1) is 0 Å². The van der Waals surface area contributed by atoms with Crippen molar-refractivity contribution >= 4 is 5.91 Å². The molecule has 0 fully saturated rings. The molecular formula is C18H21NO3. The number of hydrogen-bond donors (Lipinski definition) is 1. The predicted molar refractivity (Wildman–Crippen MR) is 86.2 cm³/mol. The summed E-state index contributed by atoms with van der Waals surface area (Å²) in [4.78, 5) is 12.0. The molecule has 0 saturated heterocycles. The highest BCUT2D eigenvalue weighted by Gasteiger charge is 2.13. The van der Waals surface area contributed by atoms with E-state index in [4.69, 9.17) is 9.47 Å². The van der Waals surface area contributed by atoms with Crippen LogP contribution in [0.15, 0.2) is 54.6 Å².